The standard InChI is InChI=1S/C28H34O4/c1-27-17-24(18-4-8-21(32-2)9-5-18)26-22-11-7-20(30)16-19(22)6-10-23(26)25(27)12-14-28(27,31)13-3-15-29/h3-5,8-9,13,16,23-25,29,31H,6-7,10-12,14-15,17H2,1-2H3/b13-3-/t23-,24+,25-,27-,28-/m0/s1. The molecule has 0 bridgehead atoms. The highest BCUT2D eigenvalue weighted by atomic mass is 16.5. The molecular formula is C28H34O4. The number of aliphatic hydroxyl groups is 2. The van der Waals surface area contributed by atoms with Crippen molar-refractivity contribution in [2.75, 3.05) is 13.7 Å². The summed E-state index contributed by atoms with van der Waals surface area (Å²) < 4.78 is 5.40. The van der Waals surface area contributed by atoms with Crippen LogP contribution in [-0.2, 0) is 4.79 Å². The highest BCUT2D eigenvalue weighted by molar-refractivity contribution is 5.93. The summed E-state index contributed by atoms with van der Waals surface area (Å²) in [5, 5.41) is 21.2. The molecule has 0 saturated heterocycles. The number of allylic oxidation sites excluding steroid dienone is 4. The van der Waals surface area contributed by atoms with E-state index in [1.165, 1.54) is 22.3 Å². The molecule has 32 heavy (non-hydrogen) atoms. The summed E-state index contributed by atoms with van der Waals surface area (Å²) in [6.07, 6.45) is 11.5. The van der Waals surface area contributed by atoms with Crippen LogP contribution in [0.1, 0.15) is 63.4 Å². The molecule has 0 radical (unpaired) electrons. The highest BCUT2D eigenvalue weighted by Crippen LogP contribution is 2.67. The van der Waals surface area contributed by atoms with Gasteiger partial charge >= 0.3 is 0 Å². The minimum absolute atomic E-state index is 0.0497. The molecule has 2 N–H and O–H groups in total. The van der Waals surface area contributed by atoms with Crippen LogP contribution < -0.4 is 4.74 Å². The predicted octanol–water partition coefficient (Wildman–Crippen LogP) is 4.87. The zero-order chi connectivity index (χ0) is 22.5. The molecular weight excluding hydrogens is 400 g/mol. The number of fused-ring (bicyclic) bond motifs is 4. The van der Waals surface area contributed by atoms with E-state index < -0.39 is 5.60 Å². The summed E-state index contributed by atoms with van der Waals surface area (Å²) in [5.41, 5.74) is 4.30. The van der Waals surface area contributed by atoms with E-state index in [0.717, 1.165) is 44.3 Å². The van der Waals surface area contributed by atoms with E-state index in [1.54, 1.807) is 13.2 Å². The van der Waals surface area contributed by atoms with Crippen molar-refractivity contribution in [3.63, 3.8) is 0 Å². The number of rotatable bonds is 4. The van der Waals surface area contributed by atoms with Crippen LogP contribution in [0, 0.1) is 17.3 Å². The molecule has 4 heteroatoms. The van der Waals surface area contributed by atoms with Gasteiger partial charge in [0.15, 0.2) is 5.78 Å². The molecule has 2 fully saturated rings. The van der Waals surface area contributed by atoms with E-state index in [4.69, 9.17) is 4.74 Å². The zero-order valence-corrected chi connectivity index (χ0v) is 19.1. The van der Waals surface area contributed by atoms with Crippen molar-refractivity contribution in [3.05, 3.63) is 64.8 Å². The number of ketones is 1. The molecule has 4 nitrogen and oxygen atoms in total. The molecule has 0 spiro atoms. The molecule has 0 heterocycles. The summed E-state index contributed by atoms with van der Waals surface area (Å²) in [7, 11) is 1.69. The molecule has 5 rings (SSSR count). The van der Waals surface area contributed by atoms with Crippen molar-refractivity contribution in [3.8, 4) is 5.75 Å². The summed E-state index contributed by atoms with van der Waals surface area (Å²) >= 11 is 0. The molecule has 170 valence electrons. The van der Waals surface area contributed by atoms with Crippen LogP contribution in [0.3, 0.4) is 0 Å². The van der Waals surface area contributed by atoms with Crippen LogP contribution in [0.5, 0.6) is 5.75 Å². The Hall–Kier alpha value is -2.17. The van der Waals surface area contributed by atoms with Crippen molar-refractivity contribution in [2.45, 2.75) is 63.4 Å². The maximum absolute atomic E-state index is 12.1. The van der Waals surface area contributed by atoms with Gasteiger partial charge in [0, 0.05) is 17.8 Å². The third-order valence-electron chi connectivity index (χ3n) is 8.97. The van der Waals surface area contributed by atoms with Gasteiger partial charge in [-0.05, 0) is 85.3 Å². The monoisotopic (exact) mass is 434 g/mol. The summed E-state index contributed by atoms with van der Waals surface area (Å²) in [6, 6.07) is 8.39. The fourth-order valence-electron chi connectivity index (χ4n) is 7.36. The number of ether oxygens (including phenoxy) is 1. The summed E-state index contributed by atoms with van der Waals surface area (Å²) in [6.45, 7) is 2.21. The molecule has 1 aromatic carbocycles. The lowest BCUT2D eigenvalue weighted by Gasteiger charge is -2.54. The minimum Gasteiger partial charge on any atom is -0.497 e. The Kier molecular flexibility index (Phi) is 5.42. The molecule has 0 aliphatic heterocycles. The Labute approximate surface area is 190 Å². The Morgan fingerprint density at radius 2 is 1.94 bits per heavy atom. The summed E-state index contributed by atoms with van der Waals surface area (Å²) in [4.78, 5) is 12.1. The van der Waals surface area contributed by atoms with Crippen LogP contribution in [0.15, 0.2) is 59.2 Å². The SMILES string of the molecule is COc1ccc([C@H]2C[C@@]3(C)[C@@H](CC[C@@]3(O)/C=C\CO)[C@@H]3CCC4=CC(=O)CCC4=C32)cc1. The van der Waals surface area contributed by atoms with E-state index in [-0.39, 0.29) is 23.7 Å². The molecule has 0 amide bonds. The second-order valence-corrected chi connectivity index (χ2v) is 10.3. The number of hydrogen-bond donors (Lipinski definition) is 2. The quantitative estimate of drug-likeness (QED) is 0.663. The molecule has 5 atom stereocenters. The molecule has 0 aromatic heterocycles. The van der Waals surface area contributed by atoms with E-state index in [1.807, 2.05) is 24.3 Å². The first kappa shape index (κ1) is 21.7. The van der Waals surface area contributed by atoms with Gasteiger partial charge in [0.1, 0.15) is 5.75 Å². The number of carbonyl (C=O) groups excluding carboxylic acids is 1. The molecule has 4 aliphatic rings. The smallest absolute Gasteiger partial charge is 0.156 e. The number of aliphatic hydroxyl groups excluding tert-OH is 1. The maximum atomic E-state index is 12.1. The summed E-state index contributed by atoms with van der Waals surface area (Å²) in [5.74, 6) is 2.16. The van der Waals surface area contributed by atoms with E-state index >= 15 is 0 Å². The van der Waals surface area contributed by atoms with Crippen LogP contribution >= 0.6 is 0 Å². The number of methoxy groups -OCH3 is 1. The van der Waals surface area contributed by atoms with Gasteiger partial charge in [-0.2, -0.15) is 0 Å². The zero-order valence-electron chi connectivity index (χ0n) is 19.1. The first-order chi connectivity index (χ1) is 15.4. The third-order valence-corrected chi connectivity index (χ3v) is 8.97. The maximum Gasteiger partial charge on any atom is 0.156 e. The van der Waals surface area contributed by atoms with E-state index in [2.05, 4.69) is 19.1 Å². The Morgan fingerprint density at radius 1 is 1.16 bits per heavy atom. The average Bonchev–Trinajstić information content (AvgIpc) is 3.07. The fourth-order valence-corrected chi connectivity index (χ4v) is 7.36. The molecule has 2 saturated carbocycles. The van der Waals surface area contributed by atoms with Gasteiger partial charge in [0.25, 0.3) is 0 Å². The number of carbonyl (C=O) groups is 1. The Bertz CT molecular complexity index is 1000. The number of hydrogen-bond acceptors (Lipinski definition) is 4. The lowest BCUT2D eigenvalue weighted by atomic mass is 9.51. The molecule has 0 unspecified atom stereocenters. The highest BCUT2D eigenvalue weighted by Gasteiger charge is 2.61. The second kappa shape index (κ2) is 8.00. The molecule has 1 aromatic rings. The van der Waals surface area contributed by atoms with Gasteiger partial charge in [-0.25, -0.2) is 0 Å². The normalized spacial score (nSPS) is 36.6. The van der Waals surface area contributed by atoms with Gasteiger partial charge in [-0.1, -0.05) is 36.8 Å². The van der Waals surface area contributed by atoms with Gasteiger partial charge in [-0.15, -0.1) is 0 Å². The first-order valence-electron chi connectivity index (χ1n) is 12.0. The number of benzene rings is 1. The minimum atomic E-state index is -0.903. The van der Waals surface area contributed by atoms with Crippen LogP contribution in [0.4, 0.5) is 0 Å². The lowest BCUT2D eigenvalue weighted by molar-refractivity contribution is -0.114. The van der Waals surface area contributed by atoms with Crippen molar-refractivity contribution in [1.82, 2.24) is 0 Å². The first-order valence-corrected chi connectivity index (χ1v) is 12.0. The van der Waals surface area contributed by atoms with Gasteiger partial charge in [0.2, 0.25) is 0 Å². The van der Waals surface area contributed by atoms with Gasteiger partial charge in [0.05, 0.1) is 19.3 Å². The second-order valence-electron chi connectivity index (χ2n) is 10.3. The molecule has 4 aliphatic carbocycles. The predicted molar refractivity (Wildman–Crippen MR) is 124 cm³/mol. The van der Waals surface area contributed by atoms with Crippen LogP contribution in [0.2, 0.25) is 0 Å². The topological polar surface area (TPSA) is 66.8 Å². The van der Waals surface area contributed by atoms with Crippen molar-refractivity contribution < 1.29 is 19.7 Å². The fraction of sp³-hybridized carbons (Fsp3) is 0.536. The van der Waals surface area contributed by atoms with Crippen LogP contribution in [-0.4, -0.2) is 35.3 Å². The van der Waals surface area contributed by atoms with Crippen LogP contribution in [0.25, 0.3) is 0 Å². The average molecular weight is 435 g/mol. The van der Waals surface area contributed by atoms with Gasteiger partial charge in [-0.3, -0.25) is 4.79 Å². The lowest BCUT2D eigenvalue weighted by Crippen LogP contribution is -2.50. The van der Waals surface area contributed by atoms with Crippen molar-refractivity contribution in [1.29, 1.82) is 0 Å². The van der Waals surface area contributed by atoms with Gasteiger partial charge < -0.3 is 14.9 Å². The van der Waals surface area contributed by atoms with E-state index in [9.17, 15) is 15.0 Å². The Balaban J connectivity index is 1.65. The van der Waals surface area contributed by atoms with E-state index in [0.29, 0.717) is 18.3 Å². The van der Waals surface area contributed by atoms with Crippen molar-refractivity contribution in [2.24, 2.45) is 17.3 Å². The Morgan fingerprint density at radius 3 is 2.66 bits per heavy atom. The third kappa shape index (κ3) is 3.22. The largest absolute Gasteiger partial charge is 0.497 e. The van der Waals surface area contributed by atoms with Crippen molar-refractivity contribution >= 4 is 5.78 Å².